The first-order chi connectivity index (χ1) is 12.6. The molecular weight excluding hydrogens is 338 g/mol. The molecule has 1 aliphatic heterocycles. The van der Waals surface area contributed by atoms with Gasteiger partial charge in [-0.25, -0.2) is 9.36 Å². The Labute approximate surface area is 160 Å². The number of benzene rings is 1. The smallest absolute Gasteiger partial charge is 0.349 e. The van der Waals surface area contributed by atoms with Crippen LogP contribution in [0.3, 0.4) is 0 Å². The normalized spacial score (nSPS) is 18.3. The summed E-state index contributed by atoms with van der Waals surface area (Å²) in [5, 5.41) is 10.8. The molecule has 142 valence electrons. The van der Waals surface area contributed by atoms with E-state index >= 15 is 0 Å². The van der Waals surface area contributed by atoms with Crippen LogP contribution in [0, 0.1) is 0 Å². The van der Waals surface area contributed by atoms with E-state index < -0.39 is 0 Å². The van der Waals surface area contributed by atoms with Gasteiger partial charge in [0, 0.05) is 18.3 Å². The first kappa shape index (κ1) is 19.1. The standard InChI is InChI=1S/C22H27N3O2/c1-14(2)23-13-15(3)17-12-22(4,5)21-24(6)19(26)18(20(27)25(17)21)16-10-8-7-9-11-16/h7-11,13,17H,12H2,1-6H3/p+1/b15-13+. The third-order valence-corrected chi connectivity index (χ3v) is 5.25. The van der Waals surface area contributed by atoms with Crippen LogP contribution in [0.5, 0.6) is 5.88 Å². The second-order valence-electron chi connectivity index (χ2n) is 8.18. The minimum atomic E-state index is -0.245. The van der Waals surface area contributed by atoms with Crippen LogP contribution >= 0.6 is 0 Å². The average molecular weight is 366 g/mol. The second-order valence-corrected chi connectivity index (χ2v) is 8.18. The summed E-state index contributed by atoms with van der Waals surface area (Å²) in [4.78, 5) is 17.9. The summed E-state index contributed by atoms with van der Waals surface area (Å²) in [6.45, 7) is 10.1. The molecule has 0 aliphatic carbocycles. The lowest BCUT2D eigenvalue weighted by Gasteiger charge is -2.15. The Bertz CT molecular complexity index is 994. The van der Waals surface area contributed by atoms with E-state index in [1.807, 2.05) is 68.9 Å². The molecule has 0 bridgehead atoms. The minimum Gasteiger partial charge on any atom is -0.477 e. The monoisotopic (exact) mass is 366 g/mol. The van der Waals surface area contributed by atoms with E-state index in [1.54, 1.807) is 4.57 Å². The molecule has 2 aromatic rings. The highest BCUT2D eigenvalue weighted by atomic mass is 16.3. The van der Waals surface area contributed by atoms with Gasteiger partial charge in [0.25, 0.3) is 11.7 Å². The summed E-state index contributed by atoms with van der Waals surface area (Å²) in [5.41, 5.74) is 2.67. The van der Waals surface area contributed by atoms with Crippen LogP contribution < -0.4 is 10.1 Å². The number of aromatic hydroxyl groups is 1. The Hall–Kier alpha value is -2.69. The second kappa shape index (κ2) is 6.80. The first-order valence-corrected chi connectivity index (χ1v) is 9.26. The van der Waals surface area contributed by atoms with Gasteiger partial charge in [-0.05, 0) is 45.8 Å². The molecule has 0 amide bonds. The maximum atomic E-state index is 13.5. The van der Waals surface area contributed by atoms with Crippen LogP contribution in [0.25, 0.3) is 11.1 Å². The van der Waals surface area contributed by atoms with Gasteiger partial charge in [0.2, 0.25) is 0 Å². The van der Waals surface area contributed by atoms with E-state index in [9.17, 15) is 9.90 Å². The molecule has 0 saturated carbocycles. The van der Waals surface area contributed by atoms with Crippen LogP contribution in [-0.2, 0) is 12.5 Å². The Morgan fingerprint density at radius 2 is 1.89 bits per heavy atom. The summed E-state index contributed by atoms with van der Waals surface area (Å²) < 4.78 is 3.60. The molecule has 5 nitrogen and oxygen atoms in total. The zero-order valence-corrected chi connectivity index (χ0v) is 16.9. The van der Waals surface area contributed by atoms with Crippen molar-refractivity contribution in [1.82, 2.24) is 4.57 Å². The van der Waals surface area contributed by atoms with Crippen LogP contribution in [0.4, 0.5) is 0 Å². The third kappa shape index (κ3) is 3.22. The van der Waals surface area contributed by atoms with Gasteiger partial charge in [0.15, 0.2) is 5.56 Å². The molecule has 27 heavy (non-hydrogen) atoms. The molecule has 0 radical (unpaired) electrons. The SMILES string of the molecule is CC(C)=N/C=C(\C)C1CC(C)(C)c2n1c(=O)c(-c1ccccc1)c(O)[n+]2C. The maximum absolute atomic E-state index is 13.5. The van der Waals surface area contributed by atoms with E-state index in [2.05, 4.69) is 18.8 Å². The predicted octanol–water partition coefficient (Wildman–Crippen LogP) is 3.65. The molecule has 5 heteroatoms. The van der Waals surface area contributed by atoms with Crippen LogP contribution in [0.2, 0.25) is 0 Å². The van der Waals surface area contributed by atoms with Gasteiger partial charge in [-0.3, -0.25) is 4.99 Å². The molecule has 2 heterocycles. The highest BCUT2D eigenvalue weighted by Gasteiger charge is 2.49. The number of hydrogen-bond donors (Lipinski definition) is 1. The molecule has 0 fully saturated rings. The zero-order chi connectivity index (χ0) is 19.9. The largest absolute Gasteiger partial charge is 0.477 e. The van der Waals surface area contributed by atoms with Crippen molar-refractivity contribution in [3.05, 3.63) is 58.3 Å². The summed E-state index contributed by atoms with van der Waals surface area (Å²) in [7, 11) is 1.82. The maximum Gasteiger partial charge on any atom is 0.349 e. The number of aliphatic imine (C=N–C) groups is 1. The van der Waals surface area contributed by atoms with Crippen molar-refractivity contribution in [3.8, 4) is 17.0 Å². The third-order valence-electron chi connectivity index (χ3n) is 5.25. The van der Waals surface area contributed by atoms with E-state index in [-0.39, 0.29) is 22.9 Å². The highest BCUT2D eigenvalue weighted by molar-refractivity contribution is 5.79. The molecule has 3 rings (SSSR count). The molecule has 1 unspecified atom stereocenters. The number of rotatable bonds is 3. The minimum absolute atomic E-state index is 0.00947. The van der Waals surface area contributed by atoms with Crippen molar-refractivity contribution in [1.29, 1.82) is 0 Å². The van der Waals surface area contributed by atoms with Crippen LogP contribution in [0.15, 0.2) is 51.9 Å². The fraction of sp³-hybridized carbons (Fsp3) is 0.409. The zero-order valence-electron chi connectivity index (χ0n) is 16.9. The van der Waals surface area contributed by atoms with E-state index in [0.717, 1.165) is 29.1 Å². The van der Waals surface area contributed by atoms with Gasteiger partial charge in [-0.15, -0.1) is 0 Å². The Morgan fingerprint density at radius 1 is 1.26 bits per heavy atom. The quantitative estimate of drug-likeness (QED) is 0.666. The molecule has 1 aliphatic rings. The van der Waals surface area contributed by atoms with Crippen molar-refractivity contribution < 1.29 is 9.67 Å². The molecule has 0 spiro atoms. The average Bonchev–Trinajstić information content (AvgIpc) is 2.90. The lowest BCUT2D eigenvalue weighted by molar-refractivity contribution is -0.691. The molecule has 1 aromatic heterocycles. The number of aromatic nitrogens is 2. The molecule has 1 atom stereocenters. The van der Waals surface area contributed by atoms with Gasteiger partial charge >= 0.3 is 5.56 Å². The van der Waals surface area contributed by atoms with E-state index in [4.69, 9.17) is 0 Å². The summed E-state index contributed by atoms with van der Waals surface area (Å²) in [5.74, 6) is 0.842. The number of allylic oxidation sites excluding steroid dienone is 1. The van der Waals surface area contributed by atoms with E-state index in [0.29, 0.717) is 5.56 Å². The highest BCUT2D eigenvalue weighted by Crippen LogP contribution is 2.42. The number of hydrogen-bond acceptors (Lipinski definition) is 3. The van der Waals surface area contributed by atoms with Crippen molar-refractivity contribution >= 4 is 5.71 Å². The summed E-state index contributed by atoms with van der Waals surface area (Å²) >= 11 is 0. The van der Waals surface area contributed by atoms with Crippen LogP contribution in [0.1, 0.15) is 52.9 Å². The Morgan fingerprint density at radius 3 is 2.48 bits per heavy atom. The van der Waals surface area contributed by atoms with E-state index in [1.165, 1.54) is 0 Å². The fourth-order valence-corrected chi connectivity index (χ4v) is 4.02. The summed E-state index contributed by atoms with van der Waals surface area (Å²) in [6.07, 6.45) is 2.64. The van der Waals surface area contributed by atoms with Gasteiger partial charge in [-0.2, -0.15) is 4.57 Å². The van der Waals surface area contributed by atoms with Gasteiger partial charge in [0.1, 0.15) is 6.04 Å². The van der Waals surface area contributed by atoms with Gasteiger partial charge in [0.05, 0.1) is 12.5 Å². The Balaban J connectivity index is 2.32. The molecular formula is C22H28N3O2+. The fourth-order valence-electron chi connectivity index (χ4n) is 4.02. The lowest BCUT2D eigenvalue weighted by Crippen LogP contribution is -2.46. The van der Waals surface area contributed by atoms with Crippen molar-refractivity contribution in [2.45, 2.75) is 52.5 Å². The molecule has 1 N–H and O–H groups in total. The Kier molecular flexibility index (Phi) is 4.81. The van der Waals surface area contributed by atoms with Crippen molar-refractivity contribution in [2.75, 3.05) is 0 Å². The topological polar surface area (TPSA) is 58.5 Å². The van der Waals surface area contributed by atoms with Gasteiger partial charge < -0.3 is 5.11 Å². The van der Waals surface area contributed by atoms with Gasteiger partial charge in [-0.1, -0.05) is 30.3 Å². The van der Waals surface area contributed by atoms with Crippen molar-refractivity contribution in [2.24, 2.45) is 12.0 Å². The molecule has 1 aromatic carbocycles. The number of nitrogens with zero attached hydrogens (tertiary/aromatic N) is 3. The first-order valence-electron chi connectivity index (χ1n) is 9.26. The van der Waals surface area contributed by atoms with Crippen molar-refractivity contribution in [3.63, 3.8) is 0 Å². The molecule has 0 saturated heterocycles. The summed E-state index contributed by atoms with van der Waals surface area (Å²) in [6, 6.07) is 9.27. The predicted molar refractivity (Wildman–Crippen MR) is 108 cm³/mol. The van der Waals surface area contributed by atoms with Crippen LogP contribution in [-0.4, -0.2) is 15.4 Å². The lowest BCUT2D eigenvalue weighted by atomic mass is 9.87. The number of fused-ring (bicyclic) bond motifs is 1.